The van der Waals surface area contributed by atoms with Crippen molar-refractivity contribution in [1.29, 1.82) is 0 Å². The summed E-state index contributed by atoms with van der Waals surface area (Å²) >= 11 is 13.5. The standard InChI is InChI=1S/C19H15Cl2FN2OS.HNO3/c20-14-3-6-16(17(21)10-14)18(11-24-8-7-23-12-24)26-19(25)9-13-1-4-15(22)5-2-13;2-1(3)4/h1-8,10,12,18H,9,11H2;(H,2,3,4). The van der Waals surface area contributed by atoms with Crippen LogP contribution in [0.5, 0.6) is 0 Å². The molecule has 3 rings (SSSR count). The molecule has 0 spiro atoms. The Kier molecular flexibility index (Phi) is 9.10. The van der Waals surface area contributed by atoms with Crippen LogP contribution in [-0.2, 0) is 17.8 Å². The fourth-order valence-corrected chi connectivity index (χ4v) is 4.27. The Labute approximate surface area is 185 Å². The molecule has 0 aliphatic rings. The number of carbonyl (C=O) groups excluding carboxylic acids is 1. The van der Waals surface area contributed by atoms with Crippen molar-refractivity contribution in [3.8, 4) is 0 Å². The summed E-state index contributed by atoms with van der Waals surface area (Å²) in [4.78, 5) is 25.0. The number of nitrogens with zero attached hydrogens (tertiary/aromatic N) is 3. The van der Waals surface area contributed by atoms with Crippen LogP contribution in [0.1, 0.15) is 16.4 Å². The summed E-state index contributed by atoms with van der Waals surface area (Å²) in [5, 5.41) is 14.5. The van der Waals surface area contributed by atoms with Gasteiger partial charge in [0.1, 0.15) is 5.82 Å². The Bertz CT molecular complexity index is 984. The molecular weight excluding hydrogens is 456 g/mol. The van der Waals surface area contributed by atoms with Gasteiger partial charge in [-0.1, -0.05) is 53.2 Å². The number of thioether (sulfide) groups is 1. The topological polar surface area (TPSA) is 98.3 Å². The fourth-order valence-electron chi connectivity index (χ4n) is 2.52. The van der Waals surface area contributed by atoms with Crippen molar-refractivity contribution in [3.05, 3.63) is 98.3 Å². The average Bonchev–Trinajstić information content (AvgIpc) is 3.16. The monoisotopic (exact) mass is 471 g/mol. The predicted octanol–water partition coefficient (Wildman–Crippen LogP) is 5.23. The van der Waals surface area contributed by atoms with Gasteiger partial charge in [-0.3, -0.25) is 4.79 Å². The zero-order valence-corrected chi connectivity index (χ0v) is 17.6. The van der Waals surface area contributed by atoms with Crippen LogP contribution in [0, 0.1) is 15.9 Å². The molecule has 7 nitrogen and oxygen atoms in total. The molecule has 0 saturated carbocycles. The molecule has 1 N–H and O–H groups in total. The maximum Gasteiger partial charge on any atom is 0.291 e. The van der Waals surface area contributed by atoms with Crippen molar-refractivity contribution in [2.45, 2.75) is 18.2 Å². The second-order valence-electron chi connectivity index (χ2n) is 5.94. The molecule has 3 aromatic rings. The minimum absolute atomic E-state index is 0.0206. The first-order chi connectivity index (χ1) is 14.2. The number of rotatable bonds is 6. The van der Waals surface area contributed by atoms with E-state index in [0.29, 0.717) is 16.6 Å². The van der Waals surface area contributed by atoms with E-state index in [-0.39, 0.29) is 22.6 Å². The summed E-state index contributed by atoms with van der Waals surface area (Å²) in [5.74, 6) is -0.320. The van der Waals surface area contributed by atoms with Gasteiger partial charge in [0.05, 0.1) is 11.6 Å². The third kappa shape index (κ3) is 8.02. The van der Waals surface area contributed by atoms with Crippen molar-refractivity contribution in [2.75, 3.05) is 0 Å². The van der Waals surface area contributed by atoms with Gasteiger partial charge in [-0.15, -0.1) is 10.1 Å². The van der Waals surface area contributed by atoms with Gasteiger partial charge < -0.3 is 9.77 Å². The van der Waals surface area contributed by atoms with E-state index in [1.54, 1.807) is 36.8 Å². The number of hydrogen-bond acceptors (Lipinski definition) is 5. The summed E-state index contributed by atoms with van der Waals surface area (Å²) in [7, 11) is 0. The van der Waals surface area contributed by atoms with Crippen LogP contribution in [-0.4, -0.2) is 25.0 Å². The predicted molar refractivity (Wildman–Crippen MR) is 113 cm³/mol. The highest BCUT2D eigenvalue weighted by Crippen LogP contribution is 2.37. The van der Waals surface area contributed by atoms with Crippen molar-refractivity contribution in [2.24, 2.45) is 0 Å². The van der Waals surface area contributed by atoms with E-state index in [2.05, 4.69) is 4.98 Å². The van der Waals surface area contributed by atoms with Gasteiger partial charge in [-0.25, -0.2) is 9.37 Å². The highest BCUT2D eigenvalue weighted by Gasteiger charge is 2.20. The molecule has 0 aliphatic heterocycles. The van der Waals surface area contributed by atoms with Crippen LogP contribution in [0.3, 0.4) is 0 Å². The summed E-state index contributed by atoms with van der Waals surface area (Å²) in [6.45, 7) is 0.543. The highest BCUT2D eigenvalue weighted by atomic mass is 35.5. The van der Waals surface area contributed by atoms with Crippen molar-refractivity contribution >= 4 is 40.1 Å². The van der Waals surface area contributed by atoms with E-state index in [1.165, 1.54) is 23.9 Å². The van der Waals surface area contributed by atoms with Gasteiger partial charge in [0.15, 0.2) is 5.12 Å². The zero-order chi connectivity index (χ0) is 22.1. The van der Waals surface area contributed by atoms with Crippen molar-refractivity contribution in [3.63, 3.8) is 0 Å². The third-order valence-corrected chi connectivity index (χ3v) is 5.44. The van der Waals surface area contributed by atoms with Crippen LogP contribution >= 0.6 is 35.0 Å². The lowest BCUT2D eigenvalue weighted by atomic mass is 10.1. The van der Waals surface area contributed by atoms with Crippen molar-refractivity contribution in [1.82, 2.24) is 9.55 Å². The Balaban J connectivity index is 0.000000735. The molecule has 1 aromatic heterocycles. The van der Waals surface area contributed by atoms with Gasteiger partial charge in [0, 0.05) is 35.4 Å². The van der Waals surface area contributed by atoms with Gasteiger partial charge in [0.2, 0.25) is 0 Å². The largest absolute Gasteiger partial charge is 0.336 e. The molecule has 0 amide bonds. The summed E-state index contributed by atoms with van der Waals surface area (Å²) in [5.41, 5.74) is 1.61. The second-order valence-corrected chi connectivity index (χ2v) is 8.05. The summed E-state index contributed by atoms with van der Waals surface area (Å²) in [6, 6.07) is 11.2. The molecule has 2 aromatic carbocycles. The Morgan fingerprint density at radius 3 is 2.50 bits per heavy atom. The van der Waals surface area contributed by atoms with Gasteiger partial charge in [-0.2, -0.15) is 0 Å². The van der Waals surface area contributed by atoms with Gasteiger partial charge in [0.25, 0.3) is 5.09 Å². The molecule has 0 radical (unpaired) electrons. The number of benzene rings is 2. The summed E-state index contributed by atoms with van der Waals surface area (Å²) in [6.07, 6.45) is 5.44. The summed E-state index contributed by atoms with van der Waals surface area (Å²) < 4.78 is 14.9. The molecule has 158 valence electrons. The van der Waals surface area contributed by atoms with Crippen LogP contribution in [0.25, 0.3) is 0 Å². The first-order valence-corrected chi connectivity index (χ1v) is 10.1. The molecule has 0 aliphatic carbocycles. The number of aromatic nitrogens is 2. The molecule has 30 heavy (non-hydrogen) atoms. The molecule has 0 bridgehead atoms. The maximum absolute atomic E-state index is 13.0. The fraction of sp³-hybridized carbons (Fsp3) is 0.158. The number of carbonyl (C=O) groups is 1. The third-order valence-electron chi connectivity index (χ3n) is 3.78. The lowest BCUT2D eigenvalue weighted by Gasteiger charge is -2.18. The van der Waals surface area contributed by atoms with E-state index in [1.807, 2.05) is 16.8 Å². The normalized spacial score (nSPS) is 11.3. The minimum atomic E-state index is -1.50. The Morgan fingerprint density at radius 2 is 1.93 bits per heavy atom. The first-order valence-electron chi connectivity index (χ1n) is 8.42. The zero-order valence-electron chi connectivity index (χ0n) is 15.3. The SMILES string of the molecule is O=C(Cc1ccc(F)cc1)SC(Cn1ccnc1)c1ccc(Cl)cc1Cl.O=[N+]([O-])O. The van der Waals surface area contributed by atoms with Gasteiger partial charge >= 0.3 is 0 Å². The molecule has 0 saturated heterocycles. The second kappa shape index (κ2) is 11.5. The lowest BCUT2D eigenvalue weighted by Crippen LogP contribution is -2.09. The van der Waals surface area contributed by atoms with Crippen LogP contribution < -0.4 is 0 Å². The van der Waals surface area contributed by atoms with E-state index < -0.39 is 5.09 Å². The lowest BCUT2D eigenvalue weighted by molar-refractivity contribution is -0.742. The number of halogens is 3. The smallest absolute Gasteiger partial charge is 0.291 e. The molecule has 0 fully saturated rings. The van der Waals surface area contributed by atoms with E-state index in [4.69, 9.17) is 38.5 Å². The number of hydrogen-bond donors (Lipinski definition) is 1. The average molecular weight is 472 g/mol. The Hall–Kier alpha value is -2.62. The maximum atomic E-state index is 13.0. The van der Waals surface area contributed by atoms with E-state index in [0.717, 1.165) is 11.1 Å². The quantitative estimate of drug-likeness (QED) is 0.390. The van der Waals surface area contributed by atoms with E-state index >= 15 is 0 Å². The molecule has 1 unspecified atom stereocenters. The van der Waals surface area contributed by atoms with Crippen molar-refractivity contribution < 1.29 is 19.5 Å². The number of imidazole rings is 1. The Morgan fingerprint density at radius 1 is 1.27 bits per heavy atom. The first kappa shape index (κ1) is 23.7. The van der Waals surface area contributed by atoms with Gasteiger partial charge in [-0.05, 0) is 35.4 Å². The van der Waals surface area contributed by atoms with Crippen LogP contribution in [0.2, 0.25) is 10.0 Å². The van der Waals surface area contributed by atoms with Crippen LogP contribution in [0.15, 0.2) is 61.2 Å². The highest BCUT2D eigenvalue weighted by molar-refractivity contribution is 8.13. The molecular formula is C19H16Cl2FN3O4S. The van der Waals surface area contributed by atoms with E-state index in [9.17, 15) is 9.18 Å². The molecule has 1 heterocycles. The minimum Gasteiger partial charge on any atom is -0.336 e. The van der Waals surface area contributed by atoms with Crippen LogP contribution in [0.4, 0.5) is 4.39 Å². The molecule has 1 atom stereocenters. The molecule has 11 heteroatoms.